The van der Waals surface area contributed by atoms with E-state index in [1.807, 2.05) is 30.3 Å². The minimum Gasteiger partial charge on any atom is -0.505 e. The highest BCUT2D eigenvalue weighted by Crippen LogP contribution is 2.39. The number of rotatable bonds is 8. The fraction of sp³-hybridized carbons (Fsp3) is 0.286. The summed E-state index contributed by atoms with van der Waals surface area (Å²) in [5.41, 5.74) is 2.49. The lowest BCUT2D eigenvalue weighted by Crippen LogP contribution is -2.40. The summed E-state index contributed by atoms with van der Waals surface area (Å²) >= 11 is 0. The maximum atomic E-state index is 13.2. The molecule has 1 saturated carbocycles. The van der Waals surface area contributed by atoms with E-state index < -0.39 is 5.91 Å². The van der Waals surface area contributed by atoms with E-state index in [1.54, 1.807) is 38.1 Å². The van der Waals surface area contributed by atoms with E-state index in [0.29, 0.717) is 28.9 Å². The van der Waals surface area contributed by atoms with Crippen LogP contribution >= 0.6 is 0 Å². The van der Waals surface area contributed by atoms with Crippen molar-refractivity contribution < 1.29 is 19.5 Å². The van der Waals surface area contributed by atoms with Gasteiger partial charge in [-0.05, 0) is 38.3 Å². The molecule has 1 aliphatic heterocycles. The number of nitrogens with one attached hydrogen (secondary N) is 2. The van der Waals surface area contributed by atoms with E-state index in [2.05, 4.69) is 15.7 Å². The van der Waals surface area contributed by atoms with Gasteiger partial charge in [0.25, 0.3) is 11.8 Å². The second-order valence-electron chi connectivity index (χ2n) is 8.73. The Kier molecular flexibility index (Phi) is 7.63. The van der Waals surface area contributed by atoms with E-state index in [0.717, 1.165) is 24.8 Å². The van der Waals surface area contributed by atoms with Gasteiger partial charge >= 0.3 is 0 Å². The lowest BCUT2D eigenvalue weighted by molar-refractivity contribution is -0.127. The smallest absolute Gasteiger partial charge is 0.274 e. The molecule has 1 heterocycles. The Hall–Kier alpha value is -4.20. The van der Waals surface area contributed by atoms with Crippen LogP contribution < -0.4 is 10.6 Å². The van der Waals surface area contributed by atoms with Crippen molar-refractivity contribution in [3.63, 3.8) is 0 Å². The van der Waals surface area contributed by atoms with E-state index >= 15 is 0 Å². The zero-order chi connectivity index (χ0) is 25.7. The van der Waals surface area contributed by atoms with Gasteiger partial charge in [0, 0.05) is 35.4 Å². The number of ketones is 1. The molecule has 2 aromatic rings. The van der Waals surface area contributed by atoms with Gasteiger partial charge in [-0.3, -0.25) is 14.4 Å². The second kappa shape index (κ2) is 11.0. The molecule has 2 aromatic carbocycles. The highest BCUT2D eigenvalue weighted by atomic mass is 16.3. The van der Waals surface area contributed by atoms with Crippen molar-refractivity contribution in [3.05, 3.63) is 82.6 Å². The van der Waals surface area contributed by atoms with Crippen LogP contribution in [-0.2, 0) is 16.1 Å². The Labute approximate surface area is 210 Å². The van der Waals surface area contributed by atoms with Crippen molar-refractivity contribution in [2.75, 3.05) is 6.54 Å². The van der Waals surface area contributed by atoms with Gasteiger partial charge < -0.3 is 15.7 Å². The summed E-state index contributed by atoms with van der Waals surface area (Å²) < 4.78 is 0. The number of aliphatic hydroxyl groups is 1. The van der Waals surface area contributed by atoms with Crippen molar-refractivity contribution in [1.82, 2.24) is 15.6 Å². The Bertz CT molecular complexity index is 1260. The molecule has 0 radical (unpaired) electrons. The molecular weight excluding hydrogens is 456 g/mol. The molecule has 0 atom stereocenters. The van der Waals surface area contributed by atoms with Crippen molar-refractivity contribution in [1.29, 1.82) is 0 Å². The largest absolute Gasteiger partial charge is 0.505 e. The van der Waals surface area contributed by atoms with Crippen LogP contribution in [0.15, 0.2) is 65.4 Å². The first kappa shape index (κ1) is 24.9. The van der Waals surface area contributed by atoms with E-state index in [1.165, 1.54) is 11.2 Å². The third kappa shape index (κ3) is 4.93. The summed E-state index contributed by atoms with van der Waals surface area (Å²) in [5.74, 6) is -1.27. The summed E-state index contributed by atoms with van der Waals surface area (Å²) in [7, 11) is 0. The first-order valence-corrected chi connectivity index (χ1v) is 12.1. The summed E-state index contributed by atoms with van der Waals surface area (Å²) in [6.07, 6.45) is 5.95. The quantitative estimate of drug-likeness (QED) is 0.488. The molecule has 0 aromatic heterocycles. The maximum absolute atomic E-state index is 13.2. The van der Waals surface area contributed by atoms with Crippen LogP contribution in [0.5, 0.6) is 0 Å². The number of carbonyl (C=O) groups is 3. The van der Waals surface area contributed by atoms with Crippen LogP contribution in [0.4, 0.5) is 0 Å². The van der Waals surface area contributed by atoms with Crippen LogP contribution in [0, 0.1) is 5.92 Å². The molecule has 8 nitrogen and oxygen atoms in total. The van der Waals surface area contributed by atoms with Gasteiger partial charge in [0.2, 0.25) is 0 Å². The molecule has 1 fully saturated rings. The number of hydrogen-bond donors (Lipinski definition) is 3. The molecule has 0 saturated heterocycles. The Morgan fingerprint density at radius 2 is 1.78 bits per heavy atom. The normalized spacial score (nSPS) is 16.6. The molecule has 0 unspecified atom stereocenters. The first-order valence-electron chi connectivity index (χ1n) is 12.1. The van der Waals surface area contributed by atoms with E-state index in [-0.39, 0.29) is 35.6 Å². The van der Waals surface area contributed by atoms with Crippen LogP contribution in [0.2, 0.25) is 0 Å². The SMILES string of the molecule is C/C=N\N1C(C(=O)NCC(=O)C2CCC2)=C(O)c2cccc(C(=O)NCc3ccccc3)c2/C1=C\C. The molecule has 3 N–H and O–H groups in total. The monoisotopic (exact) mass is 486 g/mol. The molecule has 0 bridgehead atoms. The third-order valence-electron chi connectivity index (χ3n) is 6.48. The standard InChI is InChI=1S/C28H30N4O4/c1-3-22-24-20(14-9-15-21(24)27(35)29-16-18-10-6-5-7-11-18)26(34)25(32(22)31-4-2)28(36)30-17-23(33)19-12-8-13-19/h3-7,9-11,14-15,19,34H,8,12-13,16-17H2,1-2H3,(H,29,35)(H,30,36)/b22-3+,31-4-. The van der Waals surface area contributed by atoms with Crippen molar-refractivity contribution in [2.45, 2.75) is 39.7 Å². The van der Waals surface area contributed by atoms with Gasteiger partial charge in [0.05, 0.1) is 12.2 Å². The summed E-state index contributed by atoms with van der Waals surface area (Å²) in [5, 5.41) is 22.4. The minimum absolute atomic E-state index is 0.00669. The molecule has 4 rings (SSSR count). The molecular formula is C28H30N4O4. The van der Waals surface area contributed by atoms with Crippen LogP contribution in [0.25, 0.3) is 11.5 Å². The number of hydrazone groups is 1. The van der Waals surface area contributed by atoms with Gasteiger partial charge in [0.15, 0.2) is 17.2 Å². The summed E-state index contributed by atoms with van der Waals surface area (Å²) in [4.78, 5) is 38.7. The lowest BCUT2D eigenvalue weighted by Gasteiger charge is -2.32. The number of hydrogen-bond acceptors (Lipinski definition) is 6. The second-order valence-corrected chi connectivity index (χ2v) is 8.73. The molecule has 186 valence electrons. The molecule has 0 spiro atoms. The van der Waals surface area contributed by atoms with E-state index in [9.17, 15) is 19.5 Å². The van der Waals surface area contributed by atoms with E-state index in [4.69, 9.17) is 0 Å². The maximum Gasteiger partial charge on any atom is 0.274 e. The number of nitrogens with zero attached hydrogens (tertiary/aromatic N) is 2. The van der Waals surface area contributed by atoms with Crippen LogP contribution in [0.3, 0.4) is 0 Å². The number of aliphatic hydroxyl groups excluding tert-OH is 1. The molecule has 1 aliphatic carbocycles. The summed E-state index contributed by atoms with van der Waals surface area (Å²) in [6.45, 7) is 3.70. The number of Topliss-reactive ketones (excluding diaryl/α,β-unsaturated/α-hetero) is 1. The topological polar surface area (TPSA) is 111 Å². The number of amides is 2. The number of fused-ring (bicyclic) bond motifs is 1. The average Bonchev–Trinajstić information content (AvgIpc) is 2.86. The first-order chi connectivity index (χ1) is 17.5. The summed E-state index contributed by atoms with van der Waals surface area (Å²) in [6, 6.07) is 14.5. The predicted octanol–water partition coefficient (Wildman–Crippen LogP) is 4.01. The van der Waals surface area contributed by atoms with Gasteiger partial charge in [-0.15, -0.1) is 0 Å². The van der Waals surface area contributed by atoms with Gasteiger partial charge in [-0.2, -0.15) is 5.10 Å². The Balaban J connectivity index is 1.67. The molecule has 2 amide bonds. The average molecular weight is 487 g/mol. The van der Waals surface area contributed by atoms with Gasteiger partial charge in [0.1, 0.15) is 0 Å². The van der Waals surface area contributed by atoms with Crippen LogP contribution in [-0.4, -0.2) is 40.5 Å². The van der Waals surface area contributed by atoms with Gasteiger partial charge in [-0.1, -0.05) is 55.0 Å². The lowest BCUT2D eigenvalue weighted by atomic mass is 9.82. The Morgan fingerprint density at radius 3 is 2.42 bits per heavy atom. The van der Waals surface area contributed by atoms with Crippen molar-refractivity contribution in [2.24, 2.45) is 11.0 Å². The van der Waals surface area contributed by atoms with Gasteiger partial charge in [-0.25, -0.2) is 5.01 Å². The third-order valence-corrected chi connectivity index (χ3v) is 6.48. The number of benzene rings is 2. The fourth-order valence-electron chi connectivity index (χ4n) is 4.37. The minimum atomic E-state index is -0.616. The molecule has 8 heteroatoms. The number of carbonyl (C=O) groups excluding carboxylic acids is 3. The number of allylic oxidation sites excluding steroid dienone is 1. The zero-order valence-corrected chi connectivity index (χ0v) is 20.5. The molecule has 36 heavy (non-hydrogen) atoms. The highest BCUT2D eigenvalue weighted by molar-refractivity contribution is 6.08. The highest BCUT2D eigenvalue weighted by Gasteiger charge is 2.36. The zero-order valence-electron chi connectivity index (χ0n) is 20.5. The van der Waals surface area contributed by atoms with Crippen molar-refractivity contribution >= 4 is 35.3 Å². The predicted molar refractivity (Wildman–Crippen MR) is 139 cm³/mol. The Morgan fingerprint density at radius 1 is 1.03 bits per heavy atom. The van der Waals surface area contributed by atoms with Crippen LogP contribution in [0.1, 0.15) is 60.2 Å². The molecule has 2 aliphatic rings. The van der Waals surface area contributed by atoms with Crippen molar-refractivity contribution in [3.8, 4) is 0 Å². The fourth-order valence-corrected chi connectivity index (χ4v) is 4.37.